The minimum atomic E-state index is -0.240. The van der Waals surface area contributed by atoms with Gasteiger partial charge in [-0.2, -0.15) is 0 Å². The zero-order valence-corrected chi connectivity index (χ0v) is 12.3. The van der Waals surface area contributed by atoms with Crippen LogP contribution in [0.4, 0.5) is 4.39 Å². The molecule has 0 fully saturated rings. The SMILES string of the molecule is Cc1ccc(CCOc2ccc(F)cc2)cc1.Cl.Cl. The van der Waals surface area contributed by atoms with Crippen LogP contribution in [0.1, 0.15) is 11.1 Å². The van der Waals surface area contributed by atoms with E-state index in [4.69, 9.17) is 4.74 Å². The first kappa shape index (κ1) is 17.8. The predicted octanol–water partition coefficient (Wildman–Crippen LogP) is 4.60. The van der Waals surface area contributed by atoms with Crippen molar-refractivity contribution in [2.24, 2.45) is 0 Å². The molecule has 0 saturated carbocycles. The molecule has 0 heterocycles. The monoisotopic (exact) mass is 302 g/mol. The summed E-state index contributed by atoms with van der Waals surface area (Å²) in [4.78, 5) is 0. The summed E-state index contributed by atoms with van der Waals surface area (Å²) in [7, 11) is 0. The number of hydrogen-bond acceptors (Lipinski definition) is 1. The minimum absolute atomic E-state index is 0. The van der Waals surface area contributed by atoms with Gasteiger partial charge in [0.15, 0.2) is 0 Å². The predicted molar refractivity (Wildman–Crippen MR) is 81.3 cm³/mol. The van der Waals surface area contributed by atoms with Crippen LogP contribution in [0.2, 0.25) is 0 Å². The summed E-state index contributed by atoms with van der Waals surface area (Å²) in [6.45, 7) is 2.67. The lowest BCUT2D eigenvalue weighted by Crippen LogP contribution is -2.01. The molecule has 19 heavy (non-hydrogen) atoms. The van der Waals surface area contributed by atoms with Crippen LogP contribution >= 0.6 is 24.8 Å². The van der Waals surface area contributed by atoms with E-state index < -0.39 is 0 Å². The third kappa shape index (κ3) is 5.95. The fraction of sp³-hybridized carbons (Fsp3) is 0.200. The van der Waals surface area contributed by atoms with E-state index in [1.54, 1.807) is 12.1 Å². The van der Waals surface area contributed by atoms with Crippen LogP contribution in [0.3, 0.4) is 0 Å². The number of halogens is 3. The molecule has 2 aromatic rings. The molecule has 0 N–H and O–H groups in total. The summed E-state index contributed by atoms with van der Waals surface area (Å²) < 4.78 is 18.2. The Balaban J connectivity index is 0.00000162. The van der Waals surface area contributed by atoms with Crippen molar-refractivity contribution < 1.29 is 9.13 Å². The Kier molecular flexibility index (Phi) is 8.21. The molecule has 0 aliphatic carbocycles. The molecule has 0 unspecified atom stereocenters. The minimum Gasteiger partial charge on any atom is -0.493 e. The maximum atomic E-state index is 12.7. The molecule has 104 valence electrons. The first-order valence-corrected chi connectivity index (χ1v) is 5.68. The molecular formula is C15H17Cl2FO. The summed E-state index contributed by atoms with van der Waals surface area (Å²) in [6.07, 6.45) is 0.859. The van der Waals surface area contributed by atoms with Crippen LogP contribution in [-0.2, 0) is 6.42 Å². The molecule has 0 aromatic heterocycles. The third-order valence-electron chi connectivity index (χ3n) is 2.59. The Bertz CT molecular complexity index is 423. The van der Waals surface area contributed by atoms with Gasteiger partial charge in [0.2, 0.25) is 0 Å². The van der Waals surface area contributed by atoms with Crippen LogP contribution in [0.25, 0.3) is 0 Å². The van der Waals surface area contributed by atoms with E-state index in [0.717, 1.165) is 6.42 Å². The van der Waals surface area contributed by atoms with Crippen LogP contribution in [-0.4, -0.2) is 6.61 Å². The van der Waals surface area contributed by atoms with Gasteiger partial charge in [0.1, 0.15) is 11.6 Å². The highest BCUT2D eigenvalue weighted by Gasteiger charge is 1.96. The van der Waals surface area contributed by atoms with Gasteiger partial charge in [-0.05, 0) is 36.8 Å². The Morgan fingerprint density at radius 1 is 0.895 bits per heavy atom. The van der Waals surface area contributed by atoms with Gasteiger partial charge in [0, 0.05) is 6.42 Å². The normalized spacial score (nSPS) is 9.16. The highest BCUT2D eigenvalue weighted by Crippen LogP contribution is 2.12. The molecule has 0 spiro atoms. The van der Waals surface area contributed by atoms with Crippen molar-refractivity contribution in [3.8, 4) is 5.75 Å². The average molecular weight is 303 g/mol. The fourth-order valence-electron chi connectivity index (χ4n) is 1.57. The molecule has 0 amide bonds. The largest absolute Gasteiger partial charge is 0.493 e. The summed E-state index contributed by atoms with van der Waals surface area (Å²) in [5, 5.41) is 0. The van der Waals surface area contributed by atoms with Gasteiger partial charge in [0.25, 0.3) is 0 Å². The molecule has 0 atom stereocenters. The lowest BCUT2D eigenvalue weighted by molar-refractivity contribution is 0.321. The van der Waals surface area contributed by atoms with E-state index in [-0.39, 0.29) is 30.6 Å². The van der Waals surface area contributed by atoms with Gasteiger partial charge >= 0.3 is 0 Å². The second-order valence-corrected chi connectivity index (χ2v) is 4.04. The molecular weight excluding hydrogens is 286 g/mol. The van der Waals surface area contributed by atoms with Gasteiger partial charge in [-0.15, -0.1) is 24.8 Å². The summed E-state index contributed by atoms with van der Waals surface area (Å²) >= 11 is 0. The second-order valence-electron chi connectivity index (χ2n) is 4.04. The van der Waals surface area contributed by atoms with Gasteiger partial charge < -0.3 is 4.74 Å². The zero-order chi connectivity index (χ0) is 12.1. The van der Waals surface area contributed by atoms with Crippen LogP contribution in [0, 0.1) is 12.7 Å². The molecule has 1 nitrogen and oxygen atoms in total. The Morgan fingerprint density at radius 3 is 2.05 bits per heavy atom. The van der Waals surface area contributed by atoms with E-state index in [0.29, 0.717) is 12.4 Å². The number of rotatable bonds is 4. The smallest absolute Gasteiger partial charge is 0.123 e. The maximum Gasteiger partial charge on any atom is 0.123 e. The summed E-state index contributed by atoms with van der Waals surface area (Å²) in [5.74, 6) is 0.467. The quantitative estimate of drug-likeness (QED) is 0.802. The second kappa shape index (κ2) is 8.78. The molecule has 2 aromatic carbocycles. The number of benzene rings is 2. The maximum absolute atomic E-state index is 12.7. The van der Waals surface area contributed by atoms with Crippen molar-refractivity contribution in [1.29, 1.82) is 0 Å². The van der Waals surface area contributed by atoms with Crippen LogP contribution in [0.15, 0.2) is 48.5 Å². The lowest BCUT2D eigenvalue weighted by Gasteiger charge is -2.06. The first-order chi connectivity index (χ1) is 8.24. The van der Waals surface area contributed by atoms with Gasteiger partial charge in [-0.3, -0.25) is 0 Å². The summed E-state index contributed by atoms with van der Waals surface area (Å²) in [6, 6.07) is 14.5. The van der Waals surface area contributed by atoms with Crippen LogP contribution < -0.4 is 4.74 Å². The van der Waals surface area contributed by atoms with E-state index in [1.165, 1.54) is 23.3 Å². The van der Waals surface area contributed by atoms with E-state index in [1.807, 2.05) is 0 Å². The van der Waals surface area contributed by atoms with Crippen molar-refractivity contribution in [1.82, 2.24) is 0 Å². The van der Waals surface area contributed by atoms with Gasteiger partial charge in [0.05, 0.1) is 6.61 Å². The highest BCUT2D eigenvalue weighted by molar-refractivity contribution is 5.85. The van der Waals surface area contributed by atoms with Crippen molar-refractivity contribution in [2.45, 2.75) is 13.3 Å². The van der Waals surface area contributed by atoms with E-state index in [9.17, 15) is 4.39 Å². The molecule has 0 bridgehead atoms. The van der Waals surface area contributed by atoms with E-state index in [2.05, 4.69) is 31.2 Å². The molecule has 0 aliphatic heterocycles. The molecule has 4 heteroatoms. The number of ether oxygens (including phenoxy) is 1. The Hall–Kier alpha value is -1.25. The Labute approximate surface area is 125 Å². The highest BCUT2D eigenvalue weighted by atomic mass is 35.5. The average Bonchev–Trinajstić information content (AvgIpc) is 2.34. The number of aryl methyl sites for hydroxylation is 1. The molecule has 0 saturated heterocycles. The van der Waals surface area contributed by atoms with Crippen LogP contribution in [0.5, 0.6) is 5.75 Å². The molecule has 2 rings (SSSR count). The van der Waals surface area contributed by atoms with Crippen molar-refractivity contribution in [3.63, 3.8) is 0 Å². The standard InChI is InChI=1S/C15H15FO.2ClH/c1-12-2-4-13(5-3-12)10-11-17-15-8-6-14(16)7-9-15;;/h2-9H,10-11H2,1H3;2*1H. The van der Waals surface area contributed by atoms with Gasteiger partial charge in [-0.25, -0.2) is 4.39 Å². The van der Waals surface area contributed by atoms with Crippen molar-refractivity contribution in [2.75, 3.05) is 6.61 Å². The van der Waals surface area contributed by atoms with E-state index >= 15 is 0 Å². The third-order valence-corrected chi connectivity index (χ3v) is 2.59. The molecule has 0 radical (unpaired) electrons. The fourth-order valence-corrected chi connectivity index (χ4v) is 1.57. The number of hydrogen-bond donors (Lipinski definition) is 0. The topological polar surface area (TPSA) is 9.23 Å². The van der Waals surface area contributed by atoms with Crippen molar-refractivity contribution >= 4 is 24.8 Å². The summed E-state index contributed by atoms with van der Waals surface area (Å²) in [5.41, 5.74) is 2.51. The first-order valence-electron chi connectivity index (χ1n) is 5.68. The van der Waals surface area contributed by atoms with Gasteiger partial charge in [-0.1, -0.05) is 29.8 Å². The zero-order valence-electron chi connectivity index (χ0n) is 10.6. The van der Waals surface area contributed by atoms with Crippen molar-refractivity contribution in [3.05, 3.63) is 65.5 Å². The molecule has 0 aliphatic rings. The lowest BCUT2D eigenvalue weighted by atomic mass is 10.1. The Morgan fingerprint density at radius 2 is 1.47 bits per heavy atom.